The molecular formula is C18H16BrF5N2. The summed E-state index contributed by atoms with van der Waals surface area (Å²) in [5.41, 5.74) is 6.97. The average Bonchev–Trinajstić information content (AvgIpc) is 2.47. The molecule has 2 aromatic rings. The molecule has 2 atom stereocenters. The first-order valence-electron chi connectivity index (χ1n) is 7.92. The summed E-state index contributed by atoms with van der Waals surface area (Å²) in [6.07, 6.45) is -4.19. The van der Waals surface area contributed by atoms with Crippen LogP contribution in [-0.2, 0) is 6.42 Å². The van der Waals surface area contributed by atoms with Gasteiger partial charge in [0.15, 0.2) is 0 Å². The molecule has 1 heterocycles. The Hall–Kier alpha value is -1.67. The van der Waals surface area contributed by atoms with Gasteiger partial charge in [0.2, 0.25) is 0 Å². The van der Waals surface area contributed by atoms with E-state index in [1.807, 2.05) is 0 Å². The molecule has 0 saturated carbocycles. The molecule has 0 saturated heterocycles. The Labute approximate surface area is 155 Å². The van der Waals surface area contributed by atoms with Gasteiger partial charge in [-0.3, -0.25) is 4.90 Å². The fourth-order valence-corrected chi connectivity index (χ4v) is 3.93. The maximum Gasteiger partial charge on any atom is 0.401 e. The van der Waals surface area contributed by atoms with E-state index in [4.69, 9.17) is 5.73 Å². The molecule has 2 nitrogen and oxygen atoms in total. The number of hydrogen-bond acceptors (Lipinski definition) is 2. The Kier molecular flexibility index (Phi) is 5.00. The highest BCUT2D eigenvalue weighted by molar-refractivity contribution is 9.10. The molecule has 1 aliphatic rings. The van der Waals surface area contributed by atoms with Crippen molar-refractivity contribution >= 4 is 21.6 Å². The molecule has 1 aliphatic heterocycles. The summed E-state index contributed by atoms with van der Waals surface area (Å²) < 4.78 is 68.8. The smallest absolute Gasteiger partial charge is 0.399 e. The molecule has 0 aliphatic carbocycles. The maximum absolute atomic E-state index is 14.6. The Balaban J connectivity index is 2.22. The largest absolute Gasteiger partial charge is 0.401 e. The van der Waals surface area contributed by atoms with Crippen molar-refractivity contribution in [1.82, 2.24) is 4.90 Å². The lowest BCUT2D eigenvalue weighted by molar-refractivity contribution is -0.155. The molecule has 140 valence electrons. The van der Waals surface area contributed by atoms with Gasteiger partial charge in [-0.25, -0.2) is 8.78 Å². The molecule has 8 heteroatoms. The lowest BCUT2D eigenvalue weighted by atomic mass is 9.84. The zero-order valence-electron chi connectivity index (χ0n) is 13.7. The third kappa shape index (κ3) is 3.71. The molecule has 0 unspecified atom stereocenters. The maximum atomic E-state index is 14.6. The van der Waals surface area contributed by atoms with Crippen LogP contribution in [0, 0.1) is 11.6 Å². The fraction of sp³-hybridized carbons (Fsp3) is 0.333. The first kappa shape index (κ1) is 19.1. The van der Waals surface area contributed by atoms with E-state index in [1.165, 1.54) is 6.07 Å². The third-order valence-corrected chi connectivity index (χ3v) is 5.01. The third-order valence-electron chi connectivity index (χ3n) is 4.55. The van der Waals surface area contributed by atoms with E-state index >= 15 is 0 Å². The predicted octanol–water partition coefficient (Wildman–Crippen LogP) is 5.21. The van der Waals surface area contributed by atoms with Crippen LogP contribution in [-0.4, -0.2) is 23.7 Å². The number of nitrogen functional groups attached to an aromatic ring is 1. The molecule has 0 amide bonds. The molecule has 2 aromatic carbocycles. The van der Waals surface area contributed by atoms with E-state index < -0.39 is 42.0 Å². The standard InChI is InChI=1S/C18H16BrF5N2/c1-9-4-10-5-12(25)2-3-13(10)17(26(9)8-18(22,23)24)16-14(20)6-11(19)7-15(16)21/h2-3,5-7,9,17H,4,8,25H2,1H3/t9-,17+/m1/s1. The van der Waals surface area contributed by atoms with E-state index in [0.717, 1.165) is 17.0 Å². The lowest BCUT2D eigenvalue weighted by Gasteiger charge is -2.42. The molecule has 2 N–H and O–H groups in total. The van der Waals surface area contributed by atoms with Crippen LogP contribution in [0.1, 0.15) is 29.7 Å². The number of alkyl halides is 3. The van der Waals surface area contributed by atoms with Gasteiger partial charge in [0.05, 0.1) is 12.6 Å². The summed E-state index contributed by atoms with van der Waals surface area (Å²) in [7, 11) is 0. The zero-order chi connectivity index (χ0) is 19.2. The van der Waals surface area contributed by atoms with Crippen LogP contribution >= 0.6 is 15.9 Å². The molecule has 3 rings (SSSR count). The summed E-state index contributed by atoms with van der Waals surface area (Å²) >= 11 is 3.00. The number of hydrogen-bond donors (Lipinski definition) is 1. The van der Waals surface area contributed by atoms with Gasteiger partial charge in [-0.05, 0) is 48.7 Å². The zero-order valence-corrected chi connectivity index (χ0v) is 15.3. The van der Waals surface area contributed by atoms with Crippen molar-refractivity contribution in [3.8, 4) is 0 Å². The normalized spacial score (nSPS) is 20.9. The van der Waals surface area contributed by atoms with E-state index in [-0.39, 0.29) is 4.47 Å². The minimum atomic E-state index is -4.50. The van der Waals surface area contributed by atoms with Crippen LogP contribution in [0.3, 0.4) is 0 Å². The Morgan fingerprint density at radius 1 is 1.15 bits per heavy atom. The van der Waals surface area contributed by atoms with Crippen LogP contribution in [0.4, 0.5) is 27.6 Å². The number of benzene rings is 2. The quantitative estimate of drug-likeness (QED) is 0.519. The number of nitrogens with zero attached hydrogens (tertiary/aromatic N) is 1. The number of fused-ring (bicyclic) bond motifs is 1. The Morgan fingerprint density at radius 3 is 2.35 bits per heavy atom. The minimum Gasteiger partial charge on any atom is -0.399 e. The van der Waals surface area contributed by atoms with E-state index in [2.05, 4.69) is 15.9 Å². The van der Waals surface area contributed by atoms with Gasteiger partial charge in [0, 0.05) is 21.8 Å². The average molecular weight is 435 g/mol. The van der Waals surface area contributed by atoms with Gasteiger partial charge >= 0.3 is 6.18 Å². The fourth-order valence-electron chi connectivity index (χ4n) is 3.53. The van der Waals surface area contributed by atoms with Gasteiger partial charge in [0.25, 0.3) is 0 Å². The molecule has 0 bridgehead atoms. The first-order chi connectivity index (χ1) is 12.1. The van der Waals surface area contributed by atoms with Crippen molar-refractivity contribution in [2.24, 2.45) is 0 Å². The molecule has 0 radical (unpaired) electrons. The van der Waals surface area contributed by atoms with Crippen molar-refractivity contribution in [3.05, 3.63) is 63.1 Å². The molecule has 26 heavy (non-hydrogen) atoms. The van der Waals surface area contributed by atoms with E-state index in [9.17, 15) is 22.0 Å². The van der Waals surface area contributed by atoms with Gasteiger partial charge in [-0.2, -0.15) is 13.2 Å². The predicted molar refractivity (Wildman–Crippen MR) is 92.7 cm³/mol. The monoisotopic (exact) mass is 434 g/mol. The lowest BCUT2D eigenvalue weighted by Crippen LogP contribution is -2.47. The summed E-state index contributed by atoms with van der Waals surface area (Å²) in [4.78, 5) is 1.09. The minimum absolute atomic E-state index is 0.181. The number of rotatable bonds is 2. The Morgan fingerprint density at radius 2 is 1.77 bits per heavy atom. The summed E-state index contributed by atoms with van der Waals surface area (Å²) in [5, 5.41) is 0. The second-order valence-electron chi connectivity index (χ2n) is 6.48. The van der Waals surface area contributed by atoms with Crippen molar-refractivity contribution in [1.29, 1.82) is 0 Å². The highest BCUT2D eigenvalue weighted by Crippen LogP contribution is 2.42. The second-order valence-corrected chi connectivity index (χ2v) is 7.40. The number of nitrogens with two attached hydrogens (primary N) is 1. The number of halogens is 6. The summed E-state index contributed by atoms with van der Waals surface area (Å²) in [5.74, 6) is -1.79. The highest BCUT2D eigenvalue weighted by Gasteiger charge is 2.42. The van der Waals surface area contributed by atoms with Crippen LogP contribution < -0.4 is 5.73 Å². The molecular weight excluding hydrogens is 419 g/mol. The molecule has 0 spiro atoms. The van der Waals surface area contributed by atoms with E-state index in [0.29, 0.717) is 23.2 Å². The van der Waals surface area contributed by atoms with Gasteiger partial charge in [-0.1, -0.05) is 22.0 Å². The van der Waals surface area contributed by atoms with Gasteiger partial charge < -0.3 is 5.73 Å². The number of anilines is 1. The SMILES string of the molecule is C[C@@H]1Cc2cc(N)ccc2[C@@H](c2c(F)cc(Br)cc2F)N1CC(F)(F)F. The first-order valence-corrected chi connectivity index (χ1v) is 8.71. The van der Waals surface area contributed by atoms with Gasteiger partial charge in [0.1, 0.15) is 11.6 Å². The second kappa shape index (κ2) is 6.81. The van der Waals surface area contributed by atoms with Crippen molar-refractivity contribution < 1.29 is 22.0 Å². The molecule has 0 fully saturated rings. The van der Waals surface area contributed by atoms with Crippen molar-refractivity contribution in [2.75, 3.05) is 12.3 Å². The highest BCUT2D eigenvalue weighted by atomic mass is 79.9. The van der Waals surface area contributed by atoms with Crippen molar-refractivity contribution in [2.45, 2.75) is 31.6 Å². The van der Waals surface area contributed by atoms with Gasteiger partial charge in [-0.15, -0.1) is 0 Å². The van der Waals surface area contributed by atoms with E-state index in [1.54, 1.807) is 19.1 Å². The summed E-state index contributed by atoms with van der Waals surface area (Å²) in [6.45, 7) is 0.344. The van der Waals surface area contributed by atoms with Crippen LogP contribution in [0.5, 0.6) is 0 Å². The summed E-state index contributed by atoms with van der Waals surface area (Å²) in [6, 6.07) is 5.08. The van der Waals surface area contributed by atoms with Crippen LogP contribution in [0.25, 0.3) is 0 Å². The topological polar surface area (TPSA) is 29.3 Å². The Bertz CT molecular complexity index is 814. The molecule has 0 aromatic heterocycles. The van der Waals surface area contributed by atoms with Crippen LogP contribution in [0.15, 0.2) is 34.8 Å². The van der Waals surface area contributed by atoms with Crippen molar-refractivity contribution in [3.63, 3.8) is 0 Å². The van der Waals surface area contributed by atoms with Crippen LogP contribution in [0.2, 0.25) is 0 Å².